The summed E-state index contributed by atoms with van der Waals surface area (Å²) in [6.07, 6.45) is -0.413. The maximum atomic E-state index is 13.8. The van der Waals surface area contributed by atoms with Crippen LogP contribution >= 0.6 is 0 Å². The molecule has 1 N–H and O–H groups in total. The van der Waals surface area contributed by atoms with Gasteiger partial charge in [-0.1, -0.05) is 0 Å². The Morgan fingerprint density at radius 1 is 1.32 bits per heavy atom. The van der Waals surface area contributed by atoms with E-state index in [1.165, 1.54) is 4.90 Å². The Labute approximate surface area is 111 Å². The van der Waals surface area contributed by atoms with Gasteiger partial charge in [-0.2, -0.15) is 0 Å². The van der Waals surface area contributed by atoms with Crippen molar-refractivity contribution in [3.63, 3.8) is 0 Å². The number of hydrogen-bond acceptors (Lipinski definition) is 3. The van der Waals surface area contributed by atoms with Gasteiger partial charge in [0.1, 0.15) is 17.8 Å². The number of carboxylic acid groups (broad SMARTS) is 1. The Hall–Kier alpha value is -1.33. The summed E-state index contributed by atoms with van der Waals surface area (Å²) in [4.78, 5) is 24.7. The summed E-state index contributed by atoms with van der Waals surface area (Å²) >= 11 is 0. The van der Waals surface area contributed by atoms with Crippen LogP contribution in [0, 0.1) is 5.92 Å². The Bertz CT molecular complexity index is 393. The molecule has 19 heavy (non-hydrogen) atoms. The van der Waals surface area contributed by atoms with Crippen molar-refractivity contribution in [1.82, 2.24) is 4.90 Å². The average molecular weight is 273 g/mol. The van der Waals surface area contributed by atoms with Gasteiger partial charge in [-0.15, -0.1) is 0 Å². The van der Waals surface area contributed by atoms with Crippen LogP contribution in [0.1, 0.15) is 40.0 Å². The molecule has 2 unspecified atom stereocenters. The van der Waals surface area contributed by atoms with Crippen LogP contribution in [0.15, 0.2) is 0 Å². The van der Waals surface area contributed by atoms with Gasteiger partial charge in [-0.3, -0.25) is 4.90 Å². The van der Waals surface area contributed by atoms with Crippen LogP contribution in [0.3, 0.4) is 0 Å². The molecule has 3 aliphatic rings. The molecule has 0 radical (unpaired) electrons. The number of piperidine rings is 2. The number of ether oxygens (including phenoxy) is 1. The van der Waals surface area contributed by atoms with Gasteiger partial charge in [0, 0.05) is 12.0 Å². The van der Waals surface area contributed by atoms with Crippen molar-refractivity contribution in [2.45, 2.75) is 63.9 Å². The monoisotopic (exact) mass is 273 g/mol. The van der Waals surface area contributed by atoms with Gasteiger partial charge in [-0.05, 0) is 40.0 Å². The van der Waals surface area contributed by atoms with Gasteiger partial charge in [0.2, 0.25) is 0 Å². The number of amides is 1. The first-order valence-electron chi connectivity index (χ1n) is 6.59. The fraction of sp³-hybridized carbons (Fsp3) is 0.846. The second-order valence-electron chi connectivity index (χ2n) is 6.32. The molecule has 6 heteroatoms. The van der Waals surface area contributed by atoms with Crippen LogP contribution < -0.4 is 0 Å². The lowest BCUT2D eigenvalue weighted by Gasteiger charge is -2.50. The molecule has 4 atom stereocenters. The lowest BCUT2D eigenvalue weighted by molar-refractivity contribution is -0.156. The molecule has 3 rings (SSSR count). The molecule has 2 saturated heterocycles. The van der Waals surface area contributed by atoms with Crippen molar-refractivity contribution < 1.29 is 23.8 Å². The van der Waals surface area contributed by atoms with E-state index >= 15 is 0 Å². The summed E-state index contributed by atoms with van der Waals surface area (Å²) in [5.41, 5.74) is -0.689. The molecule has 3 fully saturated rings. The van der Waals surface area contributed by atoms with E-state index in [-0.39, 0.29) is 12.5 Å². The maximum absolute atomic E-state index is 13.8. The predicted molar refractivity (Wildman–Crippen MR) is 65.5 cm³/mol. The van der Waals surface area contributed by atoms with Crippen LogP contribution in [0.4, 0.5) is 9.18 Å². The van der Waals surface area contributed by atoms with Crippen molar-refractivity contribution in [2.24, 2.45) is 5.92 Å². The first-order chi connectivity index (χ1) is 8.70. The number of nitrogens with zero attached hydrogens (tertiary/aromatic N) is 1. The Morgan fingerprint density at radius 3 is 2.42 bits per heavy atom. The van der Waals surface area contributed by atoms with Gasteiger partial charge in [-0.25, -0.2) is 14.0 Å². The van der Waals surface area contributed by atoms with Gasteiger partial charge in [0.25, 0.3) is 0 Å². The molecule has 0 spiro atoms. The molecular formula is C13H20FNO4. The third-order valence-corrected chi connectivity index (χ3v) is 3.75. The molecule has 108 valence electrons. The van der Waals surface area contributed by atoms with Gasteiger partial charge in [0.05, 0.1) is 0 Å². The highest BCUT2D eigenvalue weighted by Crippen LogP contribution is 2.42. The molecule has 1 aliphatic carbocycles. The first kappa shape index (κ1) is 14.1. The van der Waals surface area contributed by atoms with E-state index in [4.69, 9.17) is 4.74 Å². The summed E-state index contributed by atoms with van der Waals surface area (Å²) in [5.74, 6) is -1.77. The fourth-order valence-corrected chi connectivity index (χ4v) is 3.04. The normalized spacial score (nSPS) is 34.2. The Balaban J connectivity index is 2.22. The third kappa shape index (κ3) is 2.67. The van der Waals surface area contributed by atoms with E-state index in [9.17, 15) is 19.1 Å². The third-order valence-electron chi connectivity index (χ3n) is 3.75. The highest BCUT2D eigenvalue weighted by molar-refractivity contribution is 5.81. The molecule has 0 aromatic carbocycles. The van der Waals surface area contributed by atoms with Crippen molar-refractivity contribution in [2.75, 3.05) is 0 Å². The van der Waals surface area contributed by atoms with Gasteiger partial charge < -0.3 is 9.84 Å². The molecule has 0 aromatic rings. The van der Waals surface area contributed by atoms with Crippen LogP contribution in [-0.2, 0) is 9.53 Å². The van der Waals surface area contributed by atoms with E-state index in [0.29, 0.717) is 12.8 Å². The highest BCUT2D eigenvalue weighted by atomic mass is 19.1. The number of fused-ring (bicyclic) bond motifs is 3. The zero-order valence-electron chi connectivity index (χ0n) is 11.4. The largest absolute Gasteiger partial charge is 0.480 e. The number of carboxylic acids is 1. The van der Waals surface area contributed by atoms with Crippen molar-refractivity contribution in [3.05, 3.63) is 0 Å². The predicted octanol–water partition coefficient (Wildman–Crippen LogP) is 2.20. The summed E-state index contributed by atoms with van der Waals surface area (Å²) < 4.78 is 19.1. The standard InChI is InChI=1S/C13H20FNO4/c1-13(2,3)19-12(18)15-7-4-5-8(9(14)6-7)10(15)11(16)17/h7-10H,4-6H2,1-3H3,(H,16,17)/t7?,8?,9-,10-/m0/s1. The minimum atomic E-state index is -1.15. The van der Waals surface area contributed by atoms with E-state index in [1.807, 2.05) is 0 Å². The zero-order valence-corrected chi connectivity index (χ0v) is 11.4. The van der Waals surface area contributed by atoms with Crippen LogP contribution in [0.2, 0.25) is 0 Å². The SMILES string of the molecule is CC(C)(C)OC(=O)N1C2CCC([C@H]1C(=O)O)[C@@H](F)C2. The molecule has 2 bridgehead atoms. The van der Waals surface area contributed by atoms with Gasteiger partial charge >= 0.3 is 12.1 Å². The molecule has 2 aliphatic heterocycles. The van der Waals surface area contributed by atoms with E-state index in [2.05, 4.69) is 0 Å². The van der Waals surface area contributed by atoms with Crippen LogP contribution in [-0.4, -0.2) is 45.9 Å². The summed E-state index contributed by atoms with van der Waals surface area (Å²) in [6.45, 7) is 5.17. The number of aliphatic carboxylic acids is 1. The number of rotatable bonds is 1. The Morgan fingerprint density at radius 2 is 1.95 bits per heavy atom. The smallest absolute Gasteiger partial charge is 0.411 e. The number of halogens is 1. The van der Waals surface area contributed by atoms with E-state index in [0.717, 1.165) is 0 Å². The lowest BCUT2D eigenvalue weighted by atomic mass is 9.73. The summed E-state index contributed by atoms with van der Waals surface area (Å²) in [6, 6.07) is -1.46. The lowest BCUT2D eigenvalue weighted by Crippen LogP contribution is -2.64. The quantitative estimate of drug-likeness (QED) is 0.795. The summed E-state index contributed by atoms with van der Waals surface area (Å²) in [7, 11) is 0. The highest BCUT2D eigenvalue weighted by Gasteiger charge is 2.53. The van der Waals surface area contributed by atoms with Crippen LogP contribution in [0.5, 0.6) is 0 Å². The molecule has 2 heterocycles. The van der Waals surface area contributed by atoms with Crippen molar-refractivity contribution in [3.8, 4) is 0 Å². The summed E-state index contributed by atoms with van der Waals surface area (Å²) in [5, 5.41) is 9.28. The average Bonchev–Trinajstić information content (AvgIpc) is 2.25. The zero-order chi connectivity index (χ0) is 14.4. The minimum Gasteiger partial charge on any atom is -0.480 e. The topological polar surface area (TPSA) is 66.8 Å². The molecule has 1 amide bonds. The van der Waals surface area contributed by atoms with E-state index < -0.39 is 35.8 Å². The van der Waals surface area contributed by atoms with Gasteiger partial charge in [0.15, 0.2) is 0 Å². The van der Waals surface area contributed by atoms with Crippen molar-refractivity contribution in [1.29, 1.82) is 0 Å². The van der Waals surface area contributed by atoms with E-state index in [1.54, 1.807) is 20.8 Å². The number of carbonyl (C=O) groups excluding carboxylic acids is 1. The second-order valence-corrected chi connectivity index (χ2v) is 6.32. The van der Waals surface area contributed by atoms with Crippen molar-refractivity contribution >= 4 is 12.1 Å². The first-order valence-corrected chi connectivity index (χ1v) is 6.59. The van der Waals surface area contributed by atoms with Crippen LogP contribution in [0.25, 0.3) is 0 Å². The molecule has 1 saturated carbocycles. The second kappa shape index (κ2) is 4.65. The molecule has 5 nitrogen and oxygen atoms in total. The number of carbonyl (C=O) groups is 2. The molecular weight excluding hydrogens is 253 g/mol. The Kier molecular flexibility index (Phi) is 3.45. The number of alkyl halides is 1. The minimum absolute atomic E-state index is 0.216. The maximum Gasteiger partial charge on any atom is 0.411 e. The number of hydrogen-bond donors (Lipinski definition) is 1. The fourth-order valence-electron chi connectivity index (χ4n) is 3.04. The molecule has 0 aromatic heterocycles.